The standard InChI is InChI=1S/C3H4N2S/c6-3-1-4-2-5-3/h1-2,6H,(H,4,5). The summed E-state index contributed by atoms with van der Waals surface area (Å²) >= 11 is 3.92. The van der Waals surface area contributed by atoms with Crippen molar-refractivity contribution < 1.29 is 0 Å². The Hall–Kier alpha value is -0.440. The van der Waals surface area contributed by atoms with Crippen LogP contribution in [0.5, 0.6) is 0 Å². The molecule has 0 amide bonds. The third-order valence-electron chi connectivity index (χ3n) is 0.484. The predicted molar refractivity (Wildman–Crippen MR) is 25.8 cm³/mol. The molecule has 0 bridgehead atoms. The van der Waals surface area contributed by atoms with E-state index in [2.05, 4.69) is 22.6 Å². The first-order valence-corrected chi connectivity index (χ1v) is 2.01. The van der Waals surface area contributed by atoms with Gasteiger partial charge in [-0.1, -0.05) is 0 Å². The summed E-state index contributed by atoms with van der Waals surface area (Å²) in [7, 11) is 0. The number of imidazole rings is 1. The van der Waals surface area contributed by atoms with Gasteiger partial charge >= 0.3 is 0 Å². The van der Waals surface area contributed by atoms with Gasteiger partial charge in [-0.05, 0) is 0 Å². The zero-order valence-corrected chi connectivity index (χ0v) is 3.94. The van der Waals surface area contributed by atoms with Crippen molar-refractivity contribution in [2.75, 3.05) is 0 Å². The van der Waals surface area contributed by atoms with Gasteiger partial charge in [-0.25, -0.2) is 4.98 Å². The first-order chi connectivity index (χ1) is 2.89. The monoisotopic (exact) mass is 100 g/mol. The molecular weight excluding hydrogens is 96.1 g/mol. The number of nitrogens with zero attached hydrogens (tertiary/aromatic N) is 1. The van der Waals surface area contributed by atoms with Crippen molar-refractivity contribution >= 4 is 12.6 Å². The molecule has 0 saturated heterocycles. The van der Waals surface area contributed by atoms with E-state index >= 15 is 0 Å². The van der Waals surface area contributed by atoms with Crippen molar-refractivity contribution in [2.45, 2.75) is 5.03 Å². The van der Waals surface area contributed by atoms with E-state index in [1.54, 1.807) is 12.5 Å². The van der Waals surface area contributed by atoms with Gasteiger partial charge in [0.15, 0.2) is 0 Å². The van der Waals surface area contributed by atoms with Crippen LogP contribution in [-0.4, -0.2) is 9.97 Å². The highest BCUT2D eigenvalue weighted by molar-refractivity contribution is 7.80. The van der Waals surface area contributed by atoms with E-state index in [0.717, 1.165) is 5.03 Å². The van der Waals surface area contributed by atoms with Crippen LogP contribution in [0.25, 0.3) is 0 Å². The molecule has 1 aromatic heterocycles. The van der Waals surface area contributed by atoms with Crippen molar-refractivity contribution in [1.82, 2.24) is 9.97 Å². The molecule has 1 aromatic rings. The normalized spacial score (nSPS) is 8.83. The van der Waals surface area contributed by atoms with E-state index in [1.165, 1.54) is 0 Å². The lowest BCUT2D eigenvalue weighted by atomic mass is 11.0. The molecule has 1 N–H and O–H groups in total. The van der Waals surface area contributed by atoms with Gasteiger partial charge in [0.25, 0.3) is 0 Å². The SMILES string of the molecule is Sc1cnc[nH]1. The Bertz CT molecular complexity index is 112. The summed E-state index contributed by atoms with van der Waals surface area (Å²) in [5, 5.41) is 0.801. The lowest BCUT2D eigenvalue weighted by Gasteiger charge is -1.66. The fraction of sp³-hybridized carbons (Fsp3) is 0. The summed E-state index contributed by atoms with van der Waals surface area (Å²) in [4.78, 5) is 6.44. The molecule has 0 spiro atoms. The van der Waals surface area contributed by atoms with Gasteiger partial charge in [0.1, 0.15) is 0 Å². The van der Waals surface area contributed by atoms with E-state index in [1.807, 2.05) is 0 Å². The van der Waals surface area contributed by atoms with Gasteiger partial charge in [0.2, 0.25) is 0 Å². The number of thiol groups is 1. The fourth-order valence-electron chi connectivity index (χ4n) is 0.249. The maximum Gasteiger partial charge on any atom is 0.0928 e. The Morgan fingerprint density at radius 2 is 2.67 bits per heavy atom. The number of hydrogen-bond acceptors (Lipinski definition) is 2. The van der Waals surface area contributed by atoms with E-state index in [9.17, 15) is 0 Å². The molecule has 0 aliphatic rings. The molecule has 0 radical (unpaired) electrons. The molecule has 0 aromatic carbocycles. The van der Waals surface area contributed by atoms with Crippen LogP contribution in [0.3, 0.4) is 0 Å². The highest BCUT2D eigenvalue weighted by Crippen LogP contribution is 1.92. The minimum atomic E-state index is 0.801. The quantitative estimate of drug-likeness (QED) is 0.461. The van der Waals surface area contributed by atoms with Gasteiger partial charge in [-0.2, -0.15) is 0 Å². The average molecular weight is 100 g/mol. The highest BCUT2D eigenvalue weighted by atomic mass is 32.1. The second-order valence-electron chi connectivity index (χ2n) is 0.937. The van der Waals surface area contributed by atoms with Gasteiger partial charge in [0, 0.05) is 0 Å². The highest BCUT2D eigenvalue weighted by Gasteiger charge is 1.74. The number of H-pyrrole nitrogens is 1. The summed E-state index contributed by atoms with van der Waals surface area (Å²) in [6.07, 6.45) is 3.23. The summed E-state index contributed by atoms with van der Waals surface area (Å²) in [6.45, 7) is 0. The Kier molecular flexibility index (Phi) is 0.837. The van der Waals surface area contributed by atoms with Gasteiger partial charge in [-0.3, -0.25) is 0 Å². The molecule has 1 heterocycles. The van der Waals surface area contributed by atoms with Crippen LogP contribution in [0, 0.1) is 0 Å². The summed E-state index contributed by atoms with van der Waals surface area (Å²) < 4.78 is 0. The second kappa shape index (κ2) is 1.34. The van der Waals surface area contributed by atoms with Crippen molar-refractivity contribution in [3.8, 4) is 0 Å². The summed E-state index contributed by atoms with van der Waals surface area (Å²) in [5.74, 6) is 0. The molecular formula is C3H4N2S. The van der Waals surface area contributed by atoms with Crippen LogP contribution in [0.2, 0.25) is 0 Å². The van der Waals surface area contributed by atoms with Crippen molar-refractivity contribution in [2.24, 2.45) is 0 Å². The molecule has 0 unspecified atom stereocenters. The van der Waals surface area contributed by atoms with Crippen LogP contribution >= 0.6 is 12.6 Å². The Morgan fingerprint density at radius 1 is 1.83 bits per heavy atom. The molecule has 6 heavy (non-hydrogen) atoms. The van der Waals surface area contributed by atoms with Crippen molar-refractivity contribution in [3.63, 3.8) is 0 Å². The number of nitrogens with one attached hydrogen (secondary N) is 1. The number of hydrogen-bond donors (Lipinski definition) is 2. The molecule has 0 atom stereocenters. The van der Waals surface area contributed by atoms with Crippen LogP contribution in [-0.2, 0) is 0 Å². The van der Waals surface area contributed by atoms with Crippen LogP contribution in [0.4, 0.5) is 0 Å². The molecule has 3 heteroatoms. The Balaban J connectivity index is 3.05. The fourth-order valence-corrected chi connectivity index (χ4v) is 0.373. The topological polar surface area (TPSA) is 28.7 Å². The minimum absolute atomic E-state index is 0.801. The number of aromatic nitrogens is 2. The maximum atomic E-state index is 3.92. The van der Waals surface area contributed by atoms with E-state index in [-0.39, 0.29) is 0 Å². The first-order valence-electron chi connectivity index (χ1n) is 1.57. The molecule has 0 fully saturated rings. The predicted octanol–water partition coefficient (Wildman–Crippen LogP) is 0.698. The van der Waals surface area contributed by atoms with Gasteiger partial charge < -0.3 is 4.98 Å². The third kappa shape index (κ3) is 0.542. The Labute approximate surface area is 41.0 Å². The van der Waals surface area contributed by atoms with Crippen LogP contribution in [0.1, 0.15) is 0 Å². The molecule has 0 aliphatic heterocycles. The average Bonchev–Trinajstić information content (AvgIpc) is 1.86. The van der Waals surface area contributed by atoms with Crippen molar-refractivity contribution in [3.05, 3.63) is 12.5 Å². The van der Waals surface area contributed by atoms with E-state index in [0.29, 0.717) is 0 Å². The lowest BCUT2D eigenvalue weighted by molar-refractivity contribution is 1.21. The molecule has 1 rings (SSSR count). The molecule has 0 saturated carbocycles. The molecule has 2 nitrogen and oxygen atoms in total. The number of rotatable bonds is 0. The minimum Gasteiger partial charge on any atom is -0.340 e. The van der Waals surface area contributed by atoms with Crippen LogP contribution in [0.15, 0.2) is 17.6 Å². The van der Waals surface area contributed by atoms with E-state index in [4.69, 9.17) is 0 Å². The first kappa shape index (κ1) is 3.74. The summed E-state index contributed by atoms with van der Waals surface area (Å²) in [5.41, 5.74) is 0. The van der Waals surface area contributed by atoms with Gasteiger partial charge in [0.05, 0.1) is 17.6 Å². The van der Waals surface area contributed by atoms with Crippen LogP contribution < -0.4 is 0 Å². The zero-order chi connectivity index (χ0) is 4.41. The third-order valence-corrected chi connectivity index (χ3v) is 0.728. The summed E-state index contributed by atoms with van der Waals surface area (Å²) in [6, 6.07) is 0. The maximum absolute atomic E-state index is 3.92. The number of aromatic amines is 1. The largest absolute Gasteiger partial charge is 0.340 e. The lowest BCUT2D eigenvalue weighted by Crippen LogP contribution is -1.51. The second-order valence-corrected chi connectivity index (χ2v) is 1.42. The zero-order valence-electron chi connectivity index (χ0n) is 3.05. The Morgan fingerprint density at radius 3 is 2.83 bits per heavy atom. The van der Waals surface area contributed by atoms with Crippen molar-refractivity contribution in [1.29, 1.82) is 0 Å². The molecule has 0 aliphatic carbocycles. The van der Waals surface area contributed by atoms with E-state index < -0.39 is 0 Å². The smallest absolute Gasteiger partial charge is 0.0928 e. The molecule has 32 valence electrons. The van der Waals surface area contributed by atoms with Gasteiger partial charge in [-0.15, -0.1) is 12.6 Å².